The van der Waals surface area contributed by atoms with Crippen LogP contribution in [0.4, 0.5) is 5.69 Å². The van der Waals surface area contributed by atoms with Gasteiger partial charge in [0, 0.05) is 22.5 Å². The van der Waals surface area contributed by atoms with E-state index in [0.717, 1.165) is 5.56 Å². The molecule has 124 valence electrons. The predicted molar refractivity (Wildman–Crippen MR) is 95.7 cm³/mol. The van der Waals surface area contributed by atoms with E-state index < -0.39 is 6.04 Å². The molecule has 0 spiro atoms. The normalized spacial score (nSPS) is 16.2. The van der Waals surface area contributed by atoms with Crippen LogP contribution in [0, 0.1) is 0 Å². The van der Waals surface area contributed by atoms with Crippen molar-refractivity contribution < 1.29 is 9.59 Å². The molecule has 0 unspecified atom stereocenters. The van der Waals surface area contributed by atoms with Crippen LogP contribution in [0.15, 0.2) is 36.4 Å². The Morgan fingerprint density at radius 2 is 1.75 bits per heavy atom. The number of benzene rings is 2. The molecule has 4 nitrogen and oxygen atoms in total. The highest BCUT2D eigenvalue weighted by molar-refractivity contribution is 6.38. The third-order valence-corrected chi connectivity index (χ3v) is 4.82. The largest absolute Gasteiger partial charge is 0.341 e. The molecule has 0 aromatic heterocycles. The maximum absolute atomic E-state index is 12.9. The Hall–Kier alpha value is -1.75. The summed E-state index contributed by atoms with van der Waals surface area (Å²) in [4.78, 5) is 25.9. The molecular weight excluding hydrogens is 371 g/mol. The number of halogens is 3. The summed E-state index contributed by atoms with van der Waals surface area (Å²) in [6.45, 7) is 1.59. The summed E-state index contributed by atoms with van der Waals surface area (Å²) in [5.74, 6) is -0.620. The summed E-state index contributed by atoms with van der Waals surface area (Å²) >= 11 is 18.8. The van der Waals surface area contributed by atoms with Gasteiger partial charge in [0.15, 0.2) is 0 Å². The first-order chi connectivity index (χ1) is 11.4. The Morgan fingerprint density at radius 3 is 2.42 bits per heavy atom. The fourth-order valence-electron chi connectivity index (χ4n) is 2.79. The lowest BCUT2D eigenvalue weighted by molar-refractivity contribution is -0.126. The lowest BCUT2D eigenvalue weighted by Gasteiger charge is -2.19. The predicted octanol–water partition coefficient (Wildman–Crippen LogP) is 4.37. The second-order valence-corrected chi connectivity index (χ2v) is 6.66. The van der Waals surface area contributed by atoms with Crippen molar-refractivity contribution in [1.29, 1.82) is 0 Å². The van der Waals surface area contributed by atoms with E-state index >= 15 is 0 Å². The number of carbonyl (C=O) groups is 2. The molecule has 1 N–H and O–H groups in total. The van der Waals surface area contributed by atoms with Crippen molar-refractivity contribution in [3.05, 3.63) is 62.6 Å². The Balaban J connectivity index is 2.09. The van der Waals surface area contributed by atoms with Crippen LogP contribution in [-0.4, -0.2) is 11.8 Å². The molecule has 7 heteroatoms. The third kappa shape index (κ3) is 2.97. The van der Waals surface area contributed by atoms with Crippen molar-refractivity contribution in [1.82, 2.24) is 5.32 Å². The highest BCUT2D eigenvalue weighted by atomic mass is 35.5. The number of anilines is 1. The molecule has 3 rings (SSSR count). The maximum atomic E-state index is 12.9. The zero-order valence-electron chi connectivity index (χ0n) is 12.6. The van der Waals surface area contributed by atoms with Gasteiger partial charge >= 0.3 is 0 Å². The zero-order valence-corrected chi connectivity index (χ0v) is 14.9. The molecule has 0 bridgehead atoms. The molecule has 1 atom stereocenters. The van der Waals surface area contributed by atoms with E-state index in [1.165, 1.54) is 11.8 Å². The number of hydrogen-bond donors (Lipinski definition) is 1. The first kappa shape index (κ1) is 17.1. The number of amides is 2. The number of nitrogens with zero attached hydrogens (tertiary/aromatic N) is 1. The molecule has 0 radical (unpaired) electrons. The van der Waals surface area contributed by atoms with Gasteiger partial charge in [0.25, 0.3) is 5.91 Å². The van der Waals surface area contributed by atoms with Crippen LogP contribution < -0.4 is 10.2 Å². The number of nitrogens with one attached hydrogen (secondary N) is 1. The van der Waals surface area contributed by atoms with E-state index in [-0.39, 0.29) is 18.4 Å². The number of rotatable bonds is 3. The standard InChI is InChI=1S/C17H13Cl3N2O2/c1-9(23)21-15-14-12(19)6-7-13(20)16(14)22(17(15)24)8-10-4-2-3-5-11(10)18/h2-7,15H,8H2,1H3,(H,21,23)/t15-/m1/s1. The van der Waals surface area contributed by atoms with E-state index in [4.69, 9.17) is 34.8 Å². The highest BCUT2D eigenvalue weighted by Crippen LogP contribution is 2.45. The fraction of sp³-hybridized carbons (Fsp3) is 0.176. The van der Waals surface area contributed by atoms with Crippen LogP contribution in [0.1, 0.15) is 24.1 Å². The van der Waals surface area contributed by atoms with Crippen molar-refractivity contribution in [2.24, 2.45) is 0 Å². The molecule has 1 heterocycles. The minimum absolute atomic E-state index is 0.238. The lowest BCUT2D eigenvalue weighted by Crippen LogP contribution is -2.36. The Kier molecular flexibility index (Phi) is 4.72. The van der Waals surface area contributed by atoms with Crippen LogP contribution in [0.25, 0.3) is 0 Å². The average molecular weight is 384 g/mol. The van der Waals surface area contributed by atoms with Gasteiger partial charge in [-0.25, -0.2) is 0 Å². The Bertz CT molecular complexity index is 839. The van der Waals surface area contributed by atoms with Gasteiger partial charge in [-0.05, 0) is 23.8 Å². The summed E-state index contributed by atoms with van der Waals surface area (Å²) in [5.41, 5.74) is 1.79. The summed E-state index contributed by atoms with van der Waals surface area (Å²) in [6, 6.07) is 9.63. The average Bonchev–Trinajstić information content (AvgIpc) is 2.79. The molecule has 2 aromatic carbocycles. The van der Waals surface area contributed by atoms with Gasteiger partial charge < -0.3 is 10.2 Å². The molecule has 0 aliphatic carbocycles. The van der Waals surface area contributed by atoms with Gasteiger partial charge in [0.1, 0.15) is 6.04 Å². The van der Waals surface area contributed by atoms with Crippen LogP contribution in [0.3, 0.4) is 0 Å². The monoisotopic (exact) mass is 382 g/mol. The second-order valence-electron chi connectivity index (χ2n) is 5.44. The Labute approximate surface area is 154 Å². The summed E-state index contributed by atoms with van der Waals surface area (Å²) in [7, 11) is 0. The molecule has 24 heavy (non-hydrogen) atoms. The molecule has 0 saturated carbocycles. The number of carbonyl (C=O) groups excluding carboxylic acids is 2. The summed E-state index contributed by atoms with van der Waals surface area (Å²) in [6.07, 6.45) is 0. The molecule has 0 saturated heterocycles. The van der Waals surface area contributed by atoms with Crippen LogP contribution >= 0.6 is 34.8 Å². The van der Waals surface area contributed by atoms with E-state index in [9.17, 15) is 9.59 Å². The fourth-order valence-corrected chi connectivity index (χ4v) is 3.51. The molecule has 1 aliphatic heterocycles. The van der Waals surface area contributed by atoms with Crippen molar-refractivity contribution >= 4 is 52.3 Å². The molecular formula is C17H13Cl3N2O2. The van der Waals surface area contributed by atoms with Gasteiger partial charge in [0.2, 0.25) is 5.91 Å². The number of fused-ring (bicyclic) bond motifs is 1. The van der Waals surface area contributed by atoms with Crippen molar-refractivity contribution in [3.8, 4) is 0 Å². The third-order valence-electron chi connectivity index (χ3n) is 3.82. The van der Waals surface area contributed by atoms with Gasteiger partial charge in [-0.2, -0.15) is 0 Å². The maximum Gasteiger partial charge on any atom is 0.254 e. The minimum Gasteiger partial charge on any atom is -0.341 e. The second kappa shape index (κ2) is 6.63. The van der Waals surface area contributed by atoms with Gasteiger partial charge in [-0.1, -0.05) is 53.0 Å². The zero-order chi connectivity index (χ0) is 17.4. The van der Waals surface area contributed by atoms with Gasteiger partial charge in [-0.3, -0.25) is 9.59 Å². The van der Waals surface area contributed by atoms with E-state index in [0.29, 0.717) is 26.3 Å². The van der Waals surface area contributed by atoms with Crippen molar-refractivity contribution in [2.75, 3.05) is 4.90 Å². The first-order valence-corrected chi connectivity index (χ1v) is 8.33. The molecule has 1 aliphatic rings. The van der Waals surface area contributed by atoms with Crippen molar-refractivity contribution in [3.63, 3.8) is 0 Å². The van der Waals surface area contributed by atoms with Crippen molar-refractivity contribution in [2.45, 2.75) is 19.5 Å². The van der Waals surface area contributed by atoms with Crippen LogP contribution in [0.2, 0.25) is 15.1 Å². The van der Waals surface area contributed by atoms with E-state index in [1.807, 2.05) is 18.2 Å². The molecule has 2 amide bonds. The molecule has 0 fully saturated rings. The van der Waals surface area contributed by atoms with Crippen LogP contribution in [0.5, 0.6) is 0 Å². The summed E-state index contributed by atoms with van der Waals surface area (Å²) in [5, 5.41) is 3.96. The van der Waals surface area contributed by atoms with Crippen LogP contribution in [-0.2, 0) is 16.1 Å². The SMILES string of the molecule is CC(=O)N[C@H]1C(=O)N(Cc2ccccc2Cl)c2c(Cl)ccc(Cl)c21. The van der Waals surface area contributed by atoms with E-state index in [1.54, 1.807) is 18.2 Å². The summed E-state index contributed by atoms with van der Waals surface area (Å²) < 4.78 is 0. The first-order valence-electron chi connectivity index (χ1n) is 7.20. The topological polar surface area (TPSA) is 49.4 Å². The van der Waals surface area contributed by atoms with E-state index in [2.05, 4.69) is 5.32 Å². The van der Waals surface area contributed by atoms with Gasteiger partial charge in [-0.15, -0.1) is 0 Å². The number of hydrogen-bond acceptors (Lipinski definition) is 2. The Morgan fingerprint density at radius 1 is 1.08 bits per heavy atom. The highest BCUT2D eigenvalue weighted by Gasteiger charge is 2.41. The quantitative estimate of drug-likeness (QED) is 0.855. The lowest BCUT2D eigenvalue weighted by atomic mass is 10.1. The molecule has 2 aromatic rings. The smallest absolute Gasteiger partial charge is 0.254 e. The minimum atomic E-state index is -0.855. The van der Waals surface area contributed by atoms with Gasteiger partial charge in [0.05, 0.1) is 17.3 Å².